The van der Waals surface area contributed by atoms with Gasteiger partial charge in [0.05, 0.1) is 12.1 Å². The number of methoxy groups -OCH3 is 1. The maximum atomic E-state index is 12.7. The van der Waals surface area contributed by atoms with Crippen LogP contribution in [-0.2, 0) is 4.74 Å². The topological polar surface area (TPSA) is 54.5 Å². The van der Waals surface area contributed by atoms with Crippen LogP contribution in [0.25, 0.3) is 0 Å². The van der Waals surface area contributed by atoms with Crippen molar-refractivity contribution in [1.29, 1.82) is 0 Å². The van der Waals surface area contributed by atoms with Gasteiger partial charge in [0.1, 0.15) is 0 Å². The number of ether oxygens (including phenoxy) is 1. The number of hydrogen-bond donors (Lipinski definition) is 1. The van der Waals surface area contributed by atoms with Gasteiger partial charge in [0.15, 0.2) is 0 Å². The predicted molar refractivity (Wildman–Crippen MR) is 97.7 cm³/mol. The van der Waals surface area contributed by atoms with Gasteiger partial charge in [0, 0.05) is 37.6 Å². The first-order valence-corrected chi connectivity index (χ1v) is 8.79. The second-order valence-corrected chi connectivity index (χ2v) is 6.57. The fourth-order valence-corrected chi connectivity index (χ4v) is 3.21. The summed E-state index contributed by atoms with van der Waals surface area (Å²) in [6.45, 7) is 1.40. The zero-order chi connectivity index (χ0) is 17.6. The molecule has 1 atom stereocenters. The minimum Gasteiger partial charge on any atom is -0.381 e. The molecule has 6 heteroatoms. The molecular formula is C19H22ClN3O2. The largest absolute Gasteiger partial charge is 0.381 e. The molecule has 5 nitrogen and oxygen atoms in total. The second-order valence-electron chi connectivity index (χ2n) is 6.14. The van der Waals surface area contributed by atoms with Gasteiger partial charge in [-0.25, -0.2) is 4.79 Å². The first-order chi connectivity index (χ1) is 12.2. The number of piperidine rings is 1. The zero-order valence-electron chi connectivity index (χ0n) is 14.2. The fraction of sp³-hybridized carbons (Fsp3) is 0.368. The molecule has 2 aromatic rings. The van der Waals surface area contributed by atoms with E-state index in [0.29, 0.717) is 18.1 Å². The lowest BCUT2D eigenvalue weighted by Gasteiger charge is -2.32. The lowest BCUT2D eigenvalue weighted by Crippen LogP contribution is -2.46. The van der Waals surface area contributed by atoms with Crippen LogP contribution in [0, 0.1) is 0 Å². The third-order valence-corrected chi connectivity index (χ3v) is 4.83. The maximum absolute atomic E-state index is 12.7. The van der Waals surface area contributed by atoms with E-state index in [-0.39, 0.29) is 18.2 Å². The molecule has 2 amide bonds. The number of likely N-dealkylation sites (tertiary alicyclic amines) is 1. The van der Waals surface area contributed by atoms with Gasteiger partial charge in [-0.3, -0.25) is 4.98 Å². The Bertz CT molecular complexity index is 686. The van der Waals surface area contributed by atoms with Gasteiger partial charge in [0.25, 0.3) is 0 Å². The van der Waals surface area contributed by atoms with Crippen LogP contribution in [-0.4, -0.2) is 42.2 Å². The average Bonchev–Trinajstić information content (AvgIpc) is 2.67. The molecule has 1 N–H and O–H groups in total. The molecule has 0 saturated carbocycles. The number of nitrogens with zero attached hydrogens (tertiary/aromatic N) is 2. The normalized spacial score (nSPS) is 16.5. The number of carbonyl (C=O) groups is 1. The summed E-state index contributed by atoms with van der Waals surface area (Å²) in [6.07, 6.45) is 5.44. The van der Waals surface area contributed by atoms with Gasteiger partial charge in [-0.05, 0) is 48.2 Å². The molecule has 1 aromatic heterocycles. The van der Waals surface area contributed by atoms with Crippen molar-refractivity contribution in [2.24, 2.45) is 0 Å². The van der Waals surface area contributed by atoms with Crippen molar-refractivity contribution < 1.29 is 9.53 Å². The van der Waals surface area contributed by atoms with Crippen molar-refractivity contribution >= 4 is 17.6 Å². The van der Waals surface area contributed by atoms with E-state index in [4.69, 9.17) is 16.3 Å². The molecule has 1 fully saturated rings. The number of pyridine rings is 1. The number of aromatic nitrogens is 1. The molecule has 3 rings (SSSR count). The van der Waals surface area contributed by atoms with E-state index in [9.17, 15) is 4.79 Å². The van der Waals surface area contributed by atoms with E-state index in [1.54, 1.807) is 19.5 Å². The fourth-order valence-electron chi connectivity index (χ4n) is 3.08. The summed E-state index contributed by atoms with van der Waals surface area (Å²) in [5.41, 5.74) is 1.97. The van der Waals surface area contributed by atoms with Crippen LogP contribution >= 0.6 is 11.6 Å². The first kappa shape index (κ1) is 17.7. The summed E-state index contributed by atoms with van der Waals surface area (Å²) >= 11 is 6.00. The lowest BCUT2D eigenvalue weighted by atomic mass is 10.00. The highest BCUT2D eigenvalue weighted by atomic mass is 35.5. The van der Waals surface area contributed by atoms with Crippen LogP contribution in [0.5, 0.6) is 0 Å². The minimum absolute atomic E-state index is 0.0636. The molecule has 0 spiro atoms. The first-order valence-electron chi connectivity index (χ1n) is 8.41. The summed E-state index contributed by atoms with van der Waals surface area (Å²) in [6, 6.07) is 11.1. The molecule has 0 aliphatic carbocycles. The van der Waals surface area contributed by atoms with Crippen molar-refractivity contribution in [2.45, 2.75) is 25.0 Å². The van der Waals surface area contributed by atoms with Crippen LogP contribution in [0.1, 0.15) is 30.0 Å². The number of halogens is 1. The minimum atomic E-state index is -0.243. The predicted octanol–water partition coefficient (Wildman–Crippen LogP) is 3.64. The number of nitrogens with one attached hydrogen (secondary N) is 1. The molecule has 132 valence electrons. The Labute approximate surface area is 153 Å². The van der Waals surface area contributed by atoms with Crippen LogP contribution in [0.15, 0.2) is 48.8 Å². The van der Waals surface area contributed by atoms with Crippen LogP contribution < -0.4 is 5.32 Å². The summed E-state index contributed by atoms with van der Waals surface area (Å²) in [5, 5.41) is 3.82. The Morgan fingerprint density at radius 1 is 1.16 bits per heavy atom. The molecule has 0 radical (unpaired) electrons. The summed E-state index contributed by atoms with van der Waals surface area (Å²) in [5.74, 6) is 0. The van der Waals surface area contributed by atoms with Gasteiger partial charge in [0.2, 0.25) is 0 Å². The number of rotatable bonds is 4. The average molecular weight is 360 g/mol. The maximum Gasteiger partial charge on any atom is 0.318 e. The quantitative estimate of drug-likeness (QED) is 0.906. The standard InChI is InChI=1S/C19H22ClN3O2/c1-25-17-8-12-23(13-9-17)19(24)22-18(15-6-10-21-11-7-15)14-2-4-16(20)5-3-14/h2-7,10-11,17-18H,8-9,12-13H2,1H3,(H,22,24)/t18-/m0/s1. The Kier molecular flexibility index (Phi) is 5.89. The van der Waals surface area contributed by atoms with Gasteiger partial charge in [-0.15, -0.1) is 0 Å². The van der Waals surface area contributed by atoms with Crippen molar-refractivity contribution in [3.05, 3.63) is 64.9 Å². The van der Waals surface area contributed by atoms with Gasteiger partial charge in [-0.2, -0.15) is 0 Å². The van der Waals surface area contributed by atoms with Crippen molar-refractivity contribution in [3.8, 4) is 0 Å². The lowest BCUT2D eigenvalue weighted by molar-refractivity contribution is 0.0501. The summed E-state index contributed by atoms with van der Waals surface area (Å²) < 4.78 is 5.37. The number of carbonyl (C=O) groups excluding carboxylic acids is 1. The summed E-state index contributed by atoms with van der Waals surface area (Å²) in [7, 11) is 1.72. The zero-order valence-corrected chi connectivity index (χ0v) is 14.9. The number of urea groups is 1. The van der Waals surface area contributed by atoms with Crippen molar-refractivity contribution in [3.63, 3.8) is 0 Å². The molecule has 1 aliphatic heterocycles. The SMILES string of the molecule is COC1CCN(C(=O)N[C@H](c2ccncc2)c2ccc(Cl)cc2)CC1. The van der Waals surface area contributed by atoms with E-state index in [1.165, 1.54) is 0 Å². The number of amides is 2. The summed E-state index contributed by atoms with van der Waals surface area (Å²) in [4.78, 5) is 18.7. The van der Waals surface area contributed by atoms with Crippen LogP contribution in [0.2, 0.25) is 5.02 Å². The Morgan fingerprint density at radius 3 is 2.36 bits per heavy atom. The van der Waals surface area contributed by atoms with Gasteiger partial charge < -0.3 is 15.0 Å². The van der Waals surface area contributed by atoms with E-state index in [2.05, 4.69) is 10.3 Å². The van der Waals surface area contributed by atoms with E-state index in [0.717, 1.165) is 24.0 Å². The number of benzene rings is 1. The van der Waals surface area contributed by atoms with E-state index >= 15 is 0 Å². The second kappa shape index (κ2) is 8.32. The molecule has 1 aromatic carbocycles. The van der Waals surface area contributed by atoms with E-state index < -0.39 is 0 Å². The van der Waals surface area contributed by atoms with E-state index in [1.807, 2.05) is 41.3 Å². The van der Waals surface area contributed by atoms with Crippen LogP contribution in [0.4, 0.5) is 4.79 Å². The highest BCUT2D eigenvalue weighted by molar-refractivity contribution is 6.30. The molecule has 0 bridgehead atoms. The molecule has 2 heterocycles. The molecule has 0 unspecified atom stereocenters. The third-order valence-electron chi connectivity index (χ3n) is 4.57. The monoisotopic (exact) mass is 359 g/mol. The Morgan fingerprint density at radius 2 is 1.76 bits per heavy atom. The van der Waals surface area contributed by atoms with Gasteiger partial charge in [-0.1, -0.05) is 23.7 Å². The third kappa shape index (κ3) is 4.50. The highest BCUT2D eigenvalue weighted by Gasteiger charge is 2.25. The molecule has 25 heavy (non-hydrogen) atoms. The Hall–Kier alpha value is -2.11. The van der Waals surface area contributed by atoms with Crippen LogP contribution in [0.3, 0.4) is 0 Å². The highest BCUT2D eigenvalue weighted by Crippen LogP contribution is 2.24. The van der Waals surface area contributed by atoms with Gasteiger partial charge >= 0.3 is 6.03 Å². The van der Waals surface area contributed by atoms with Crippen molar-refractivity contribution in [1.82, 2.24) is 15.2 Å². The molecular weight excluding hydrogens is 338 g/mol. The Balaban J connectivity index is 1.76. The molecule has 1 aliphatic rings. The molecule has 1 saturated heterocycles. The number of hydrogen-bond acceptors (Lipinski definition) is 3. The smallest absolute Gasteiger partial charge is 0.318 e. The van der Waals surface area contributed by atoms with Crippen molar-refractivity contribution in [2.75, 3.05) is 20.2 Å².